The van der Waals surface area contributed by atoms with Gasteiger partial charge in [-0.2, -0.15) is 0 Å². The Bertz CT molecular complexity index is 1760. The number of esters is 2. The van der Waals surface area contributed by atoms with Crippen molar-refractivity contribution in [3.8, 4) is 0 Å². The number of carbonyl (C=O) groups is 2. The molecule has 0 saturated heterocycles. The predicted molar refractivity (Wildman–Crippen MR) is 344 cm³/mol. The van der Waals surface area contributed by atoms with Crippen LogP contribution >= 0.6 is 7.82 Å². The first-order valence-corrected chi connectivity index (χ1v) is 33.8. The Morgan fingerprint density at radius 3 is 1.05 bits per heavy atom. The van der Waals surface area contributed by atoms with Gasteiger partial charge in [-0.1, -0.05) is 277 Å². The lowest BCUT2D eigenvalue weighted by Crippen LogP contribution is -2.37. The third-order valence-corrected chi connectivity index (χ3v) is 14.5. The summed E-state index contributed by atoms with van der Waals surface area (Å²) in [6, 6.07) is 0. The lowest BCUT2D eigenvalue weighted by molar-refractivity contribution is -0.870. The number of nitrogens with zero attached hydrogens (tertiary/aromatic N) is 1. The topological polar surface area (TPSA) is 108 Å². The van der Waals surface area contributed by atoms with Gasteiger partial charge in [0.15, 0.2) is 6.10 Å². The van der Waals surface area contributed by atoms with Crippen LogP contribution in [0.25, 0.3) is 0 Å². The SMILES string of the molecule is CC/C=C\C/C=C\C/C=C\C/C=C\C/C=C\C/C=C\CCC(=O)OC(COC(=O)CCCCCCCCCCCCCCCCCCCCCCCCCC/C=C\C/C=C\C/C=C\C/C=C\CC)COP(=O)(O)OCC[N+](C)(C)C. The van der Waals surface area contributed by atoms with Crippen LogP contribution < -0.4 is 0 Å². The molecule has 0 aromatic rings. The van der Waals surface area contributed by atoms with E-state index >= 15 is 0 Å². The highest BCUT2D eigenvalue weighted by atomic mass is 31.2. The molecule has 0 radical (unpaired) electrons. The summed E-state index contributed by atoms with van der Waals surface area (Å²) < 4.78 is 34.5. The zero-order valence-electron chi connectivity index (χ0n) is 52.0. The Balaban J connectivity index is 4.03. The summed E-state index contributed by atoms with van der Waals surface area (Å²) in [6.45, 7) is 4.13. The minimum absolute atomic E-state index is 0.0139. The Kier molecular flexibility index (Phi) is 57.3. The van der Waals surface area contributed by atoms with Crippen LogP contribution in [0.4, 0.5) is 0 Å². The van der Waals surface area contributed by atoms with Crippen molar-refractivity contribution >= 4 is 19.8 Å². The van der Waals surface area contributed by atoms with Gasteiger partial charge in [0, 0.05) is 12.8 Å². The molecule has 0 aliphatic rings. The normalized spacial score (nSPS) is 14.0. The first-order valence-electron chi connectivity index (χ1n) is 32.3. The Morgan fingerprint density at radius 2 is 0.700 bits per heavy atom. The van der Waals surface area contributed by atoms with E-state index in [2.05, 4.69) is 123 Å². The van der Waals surface area contributed by atoms with Gasteiger partial charge in [0.2, 0.25) is 0 Å². The molecule has 0 saturated carbocycles. The van der Waals surface area contributed by atoms with Gasteiger partial charge < -0.3 is 18.9 Å². The zero-order valence-corrected chi connectivity index (χ0v) is 52.9. The molecular weight excluding hydrogens is 1010 g/mol. The molecule has 10 heteroatoms. The van der Waals surface area contributed by atoms with E-state index < -0.39 is 26.5 Å². The number of phosphoric ester groups is 1. The maximum atomic E-state index is 12.8. The summed E-state index contributed by atoms with van der Waals surface area (Å²) >= 11 is 0. The summed E-state index contributed by atoms with van der Waals surface area (Å²) in [7, 11) is 1.42. The minimum atomic E-state index is -4.41. The number of likely N-dealkylation sites (N-methyl/N-ethyl adjacent to an activating group) is 1. The van der Waals surface area contributed by atoms with Crippen molar-refractivity contribution in [3.05, 3.63) is 122 Å². The average molecular weight is 1140 g/mol. The van der Waals surface area contributed by atoms with Gasteiger partial charge in [-0.25, -0.2) is 4.57 Å². The molecule has 0 heterocycles. The first kappa shape index (κ1) is 76.4. The largest absolute Gasteiger partial charge is 0.472 e. The molecule has 0 aliphatic heterocycles. The molecule has 2 unspecified atom stereocenters. The molecule has 458 valence electrons. The molecular formula is C70H121NO8P+. The summed E-state index contributed by atoms with van der Waals surface area (Å²) in [5.41, 5.74) is 0. The quantitative estimate of drug-likeness (QED) is 0.0211. The Labute approximate surface area is 492 Å². The fourth-order valence-corrected chi connectivity index (χ4v) is 9.36. The number of hydrogen-bond donors (Lipinski definition) is 1. The second-order valence-corrected chi connectivity index (χ2v) is 23.8. The summed E-state index contributed by atoms with van der Waals surface area (Å²) in [5, 5.41) is 0. The molecule has 0 aromatic carbocycles. The average Bonchev–Trinajstić information content (AvgIpc) is 3.42. The highest BCUT2D eigenvalue weighted by Gasteiger charge is 2.27. The summed E-state index contributed by atoms with van der Waals surface area (Å²) in [5.74, 6) is -0.894. The van der Waals surface area contributed by atoms with Crippen molar-refractivity contribution in [3.63, 3.8) is 0 Å². The molecule has 0 aliphatic carbocycles. The number of hydrogen-bond acceptors (Lipinski definition) is 7. The number of ether oxygens (including phenoxy) is 2. The number of phosphoric acid groups is 1. The summed E-state index contributed by atoms with van der Waals surface area (Å²) in [6.07, 6.45) is 86.1. The van der Waals surface area contributed by atoms with Gasteiger partial charge in [0.05, 0.1) is 27.7 Å². The van der Waals surface area contributed by atoms with E-state index in [9.17, 15) is 19.0 Å². The first-order chi connectivity index (χ1) is 39.0. The van der Waals surface area contributed by atoms with Gasteiger partial charge in [-0.3, -0.25) is 18.6 Å². The van der Waals surface area contributed by atoms with E-state index in [1.807, 2.05) is 33.3 Å². The van der Waals surface area contributed by atoms with Gasteiger partial charge in [-0.15, -0.1) is 0 Å². The Hall–Kier alpha value is -3.59. The lowest BCUT2D eigenvalue weighted by atomic mass is 10.0. The van der Waals surface area contributed by atoms with E-state index in [4.69, 9.17) is 18.5 Å². The fraction of sp³-hybridized carbons (Fsp3) is 0.686. The van der Waals surface area contributed by atoms with Crippen LogP contribution in [0.3, 0.4) is 0 Å². The molecule has 0 fully saturated rings. The highest BCUT2D eigenvalue weighted by Crippen LogP contribution is 2.43. The molecule has 0 bridgehead atoms. The van der Waals surface area contributed by atoms with Crippen LogP contribution in [0.15, 0.2) is 122 Å². The van der Waals surface area contributed by atoms with Gasteiger partial charge >= 0.3 is 19.8 Å². The van der Waals surface area contributed by atoms with Gasteiger partial charge in [-0.05, 0) is 89.9 Å². The van der Waals surface area contributed by atoms with E-state index in [1.165, 1.54) is 141 Å². The smallest absolute Gasteiger partial charge is 0.462 e. The standard InChI is InChI=1S/C70H120NO8P/c1-6-8-10-12-14-16-18-20-22-24-26-27-28-29-30-31-32-33-34-35-36-37-38-39-40-41-42-43-45-46-48-50-52-54-56-58-60-62-69(72)76-66-68(67-78-80(74,75)77-65-64-71(3,4)5)79-70(73)63-61-59-57-55-53-51-49-47-44-25-23-21-19-17-15-13-11-9-7-2/h8-11,14-17,20-23,26-27,44,47,51,53,57,59,68H,6-7,12-13,18-19,24-25,28-43,45-46,48-50,52,54-56,58,60-67H2,1-5H3/p+1/b10-8-,11-9-,16-14-,17-15-,22-20-,23-21-,27-26-,47-44-,53-51-,59-57-. The van der Waals surface area contributed by atoms with Crippen LogP contribution in [-0.2, 0) is 32.7 Å². The van der Waals surface area contributed by atoms with Crippen molar-refractivity contribution in [2.24, 2.45) is 0 Å². The van der Waals surface area contributed by atoms with Gasteiger partial charge in [0.25, 0.3) is 0 Å². The Morgan fingerprint density at radius 1 is 0.388 bits per heavy atom. The molecule has 1 N–H and O–H groups in total. The molecule has 0 amide bonds. The molecule has 0 aromatic heterocycles. The lowest BCUT2D eigenvalue weighted by Gasteiger charge is -2.24. The third kappa shape index (κ3) is 63.6. The van der Waals surface area contributed by atoms with E-state index in [0.717, 1.165) is 83.5 Å². The van der Waals surface area contributed by atoms with Crippen LogP contribution in [-0.4, -0.2) is 74.9 Å². The van der Waals surface area contributed by atoms with E-state index in [0.29, 0.717) is 17.4 Å². The summed E-state index contributed by atoms with van der Waals surface area (Å²) in [4.78, 5) is 35.7. The fourth-order valence-electron chi connectivity index (χ4n) is 8.62. The molecule has 9 nitrogen and oxygen atoms in total. The van der Waals surface area contributed by atoms with Crippen molar-refractivity contribution in [2.45, 2.75) is 264 Å². The minimum Gasteiger partial charge on any atom is -0.462 e. The molecule has 0 spiro atoms. The van der Waals surface area contributed by atoms with Crippen LogP contribution in [0, 0.1) is 0 Å². The number of allylic oxidation sites excluding steroid dienone is 20. The van der Waals surface area contributed by atoms with Crippen molar-refractivity contribution in [1.82, 2.24) is 0 Å². The predicted octanol–water partition coefficient (Wildman–Crippen LogP) is 20.7. The third-order valence-electron chi connectivity index (χ3n) is 13.5. The second kappa shape index (κ2) is 60.0. The van der Waals surface area contributed by atoms with Crippen LogP contribution in [0.2, 0.25) is 0 Å². The molecule has 2 atom stereocenters. The van der Waals surface area contributed by atoms with Crippen molar-refractivity contribution in [1.29, 1.82) is 0 Å². The van der Waals surface area contributed by atoms with Crippen molar-refractivity contribution < 1.29 is 42.1 Å². The molecule has 80 heavy (non-hydrogen) atoms. The number of quaternary nitrogens is 1. The number of carbonyl (C=O) groups excluding carboxylic acids is 2. The maximum Gasteiger partial charge on any atom is 0.472 e. The second-order valence-electron chi connectivity index (χ2n) is 22.4. The molecule has 0 rings (SSSR count). The maximum absolute atomic E-state index is 12.8. The zero-order chi connectivity index (χ0) is 58.4. The number of rotatable bonds is 58. The van der Waals surface area contributed by atoms with E-state index in [-0.39, 0.29) is 32.0 Å². The van der Waals surface area contributed by atoms with Gasteiger partial charge in [0.1, 0.15) is 19.8 Å². The van der Waals surface area contributed by atoms with Crippen LogP contribution in [0.5, 0.6) is 0 Å². The highest BCUT2D eigenvalue weighted by molar-refractivity contribution is 7.47. The van der Waals surface area contributed by atoms with E-state index in [1.54, 1.807) is 0 Å². The monoisotopic (exact) mass is 1130 g/mol. The van der Waals surface area contributed by atoms with Crippen molar-refractivity contribution in [2.75, 3.05) is 47.5 Å². The van der Waals surface area contributed by atoms with Crippen LogP contribution in [0.1, 0.15) is 258 Å². The number of unbranched alkanes of at least 4 members (excludes halogenated alkanes) is 24.